The van der Waals surface area contributed by atoms with Crippen LogP contribution in [0.15, 0.2) is 34.4 Å². The first-order chi connectivity index (χ1) is 10.1. The predicted octanol–water partition coefficient (Wildman–Crippen LogP) is 1.50. The quantitative estimate of drug-likeness (QED) is 0.508. The van der Waals surface area contributed by atoms with Crippen molar-refractivity contribution in [3.8, 4) is 0 Å². The van der Waals surface area contributed by atoms with E-state index in [-0.39, 0.29) is 12.6 Å². The lowest BCUT2D eigenvalue weighted by molar-refractivity contribution is -0.141. The monoisotopic (exact) mass is 308 g/mol. The van der Waals surface area contributed by atoms with Crippen molar-refractivity contribution in [3.63, 3.8) is 0 Å². The van der Waals surface area contributed by atoms with E-state index in [4.69, 9.17) is 16.3 Å². The van der Waals surface area contributed by atoms with E-state index in [2.05, 4.69) is 15.4 Å². The molecule has 1 N–H and O–H groups in total. The zero-order valence-corrected chi connectivity index (χ0v) is 12.5. The molecule has 0 radical (unpaired) electrons. The number of benzene rings is 1. The number of hydrogen-bond donors (Lipinski definition) is 1. The van der Waals surface area contributed by atoms with E-state index in [1.807, 2.05) is 12.1 Å². The lowest BCUT2D eigenvalue weighted by Crippen LogP contribution is -2.37. The fraction of sp³-hybridized carbons (Fsp3) is 0.357. The number of rotatable bonds is 5. The molecule has 1 aromatic carbocycles. The molecule has 0 saturated heterocycles. The summed E-state index contributed by atoms with van der Waals surface area (Å²) in [5.74, 6) is 0.380. The third-order valence-electron chi connectivity index (χ3n) is 2.73. The second-order valence-corrected chi connectivity index (χ2v) is 4.83. The Bertz CT molecular complexity index is 542. The summed E-state index contributed by atoms with van der Waals surface area (Å²) in [6, 6.07) is 7.36. The minimum Gasteiger partial charge on any atom is -0.464 e. The molecule has 0 fully saturated rings. The molecule has 2 rings (SSSR count). The predicted molar refractivity (Wildman–Crippen MR) is 82.7 cm³/mol. The summed E-state index contributed by atoms with van der Waals surface area (Å²) in [5.41, 5.74) is 0.926. The van der Waals surface area contributed by atoms with Crippen LogP contribution in [0.3, 0.4) is 0 Å². The molecule has 0 atom stereocenters. The maximum absolute atomic E-state index is 10.8. The second-order valence-electron chi connectivity index (χ2n) is 4.39. The highest BCUT2D eigenvalue weighted by Crippen LogP contribution is 2.08. The first-order valence-corrected chi connectivity index (χ1v) is 7.02. The number of halogens is 1. The van der Waals surface area contributed by atoms with E-state index in [0.29, 0.717) is 17.5 Å². The Balaban J connectivity index is 2.00. The summed E-state index contributed by atoms with van der Waals surface area (Å²) in [5, 5.41) is 9.89. The molecule has 0 bridgehead atoms. The zero-order valence-electron chi connectivity index (χ0n) is 11.8. The van der Waals surface area contributed by atoms with Gasteiger partial charge in [-0.15, -0.1) is 0 Å². The number of hydrazone groups is 1. The normalized spacial score (nSPS) is 13.9. The van der Waals surface area contributed by atoms with E-state index in [0.717, 1.165) is 18.7 Å². The molecule has 0 aromatic heterocycles. The maximum atomic E-state index is 10.8. The van der Waals surface area contributed by atoms with Crippen LogP contribution >= 0.6 is 11.6 Å². The van der Waals surface area contributed by atoms with Crippen LogP contribution in [0, 0.1) is 0 Å². The van der Waals surface area contributed by atoms with Gasteiger partial charge in [-0.1, -0.05) is 23.7 Å². The van der Waals surface area contributed by atoms with Crippen molar-refractivity contribution in [1.29, 1.82) is 0 Å². The molecule has 0 unspecified atom stereocenters. The molecule has 0 amide bonds. The largest absolute Gasteiger partial charge is 0.464 e. The van der Waals surface area contributed by atoms with Crippen LogP contribution in [0.1, 0.15) is 12.5 Å². The summed E-state index contributed by atoms with van der Waals surface area (Å²) in [6.45, 7) is 3.59. The Morgan fingerprint density at radius 1 is 1.52 bits per heavy atom. The second kappa shape index (κ2) is 7.64. The van der Waals surface area contributed by atoms with Crippen LogP contribution in [0.5, 0.6) is 0 Å². The minimum absolute atomic E-state index is 0.258. The van der Waals surface area contributed by atoms with Crippen molar-refractivity contribution in [2.24, 2.45) is 10.1 Å². The molecule has 0 spiro atoms. The van der Waals surface area contributed by atoms with Gasteiger partial charge in [-0.2, -0.15) is 5.10 Å². The van der Waals surface area contributed by atoms with E-state index in [1.54, 1.807) is 23.4 Å². The molecule has 0 aliphatic carbocycles. The van der Waals surface area contributed by atoms with Crippen molar-refractivity contribution in [2.45, 2.75) is 6.92 Å². The van der Waals surface area contributed by atoms with Crippen molar-refractivity contribution in [2.75, 3.05) is 26.2 Å². The van der Waals surface area contributed by atoms with Gasteiger partial charge in [0.15, 0.2) is 0 Å². The molecule has 6 nitrogen and oxygen atoms in total. The van der Waals surface area contributed by atoms with Gasteiger partial charge in [-0.25, -0.2) is 10.0 Å². The lowest BCUT2D eigenvalue weighted by atomic mass is 10.2. The molecule has 1 aromatic rings. The summed E-state index contributed by atoms with van der Waals surface area (Å²) < 4.78 is 4.94. The number of ether oxygens (including phenoxy) is 1. The van der Waals surface area contributed by atoms with E-state index >= 15 is 0 Å². The highest BCUT2D eigenvalue weighted by atomic mass is 35.5. The molecule has 1 aliphatic rings. The van der Waals surface area contributed by atoms with Gasteiger partial charge in [0.2, 0.25) is 5.96 Å². The van der Waals surface area contributed by atoms with Gasteiger partial charge in [-0.3, -0.25) is 4.79 Å². The molecule has 0 saturated carbocycles. The Hall–Kier alpha value is -2.08. The summed E-state index contributed by atoms with van der Waals surface area (Å²) in [4.78, 5) is 15.1. The van der Waals surface area contributed by atoms with Crippen LogP contribution in [-0.2, 0) is 9.53 Å². The van der Waals surface area contributed by atoms with Gasteiger partial charge < -0.3 is 10.1 Å². The number of hydrogen-bond acceptors (Lipinski definition) is 6. The van der Waals surface area contributed by atoms with Crippen molar-refractivity contribution in [3.05, 3.63) is 34.9 Å². The maximum Gasteiger partial charge on any atom is 0.302 e. The van der Waals surface area contributed by atoms with Gasteiger partial charge in [0, 0.05) is 18.5 Å². The Labute approximate surface area is 128 Å². The summed E-state index contributed by atoms with van der Waals surface area (Å²) >= 11 is 5.84. The van der Waals surface area contributed by atoms with Gasteiger partial charge in [0.25, 0.3) is 0 Å². The van der Waals surface area contributed by atoms with Crippen LogP contribution in [0.2, 0.25) is 5.02 Å². The average molecular weight is 309 g/mol. The molecular weight excluding hydrogens is 292 g/mol. The molecule has 21 heavy (non-hydrogen) atoms. The standard InChI is InChI=1S/C14H17ClN4O2/c1-11(20)21-9-8-19(14-16-6-7-17-14)18-10-12-2-4-13(15)5-3-12/h2-5,10H,6-9H2,1H3,(H,16,17)/b18-10+. The molecule has 1 heterocycles. The number of esters is 1. The van der Waals surface area contributed by atoms with Gasteiger partial charge in [0.05, 0.1) is 19.3 Å². The SMILES string of the molecule is CC(=O)OCCN(/N=C/c1ccc(Cl)cc1)C1=NCCN1. The van der Waals surface area contributed by atoms with Crippen LogP contribution in [0.25, 0.3) is 0 Å². The van der Waals surface area contributed by atoms with Gasteiger partial charge in [0.1, 0.15) is 6.61 Å². The fourth-order valence-electron chi connectivity index (χ4n) is 1.74. The van der Waals surface area contributed by atoms with Crippen LogP contribution < -0.4 is 5.32 Å². The number of carbonyl (C=O) groups excluding carboxylic acids is 1. The summed E-state index contributed by atoms with van der Waals surface area (Å²) in [7, 11) is 0. The third-order valence-corrected chi connectivity index (χ3v) is 2.98. The Kier molecular flexibility index (Phi) is 5.57. The average Bonchev–Trinajstić information content (AvgIpc) is 2.98. The molecular formula is C14H17ClN4O2. The third kappa shape index (κ3) is 5.07. The highest BCUT2D eigenvalue weighted by molar-refractivity contribution is 6.30. The van der Waals surface area contributed by atoms with Crippen LogP contribution in [0.4, 0.5) is 0 Å². The highest BCUT2D eigenvalue weighted by Gasteiger charge is 2.13. The first kappa shape index (κ1) is 15.3. The smallest absolute Gasteiger partial charge is 0.302 e. The van der Waals surface area contributed by atoms with Crippen molar-refractivity contribution >= 4 is 29.7 Å². The zero-order chi connectivity index (χ0) is 15.1. The van der Waals surface area contributed by atoms with Crippen LogP contribution in [-0.4, -0.2) is 49.4 Å². The summed E-state index contributed by atoms with van der Waals surface area (Å²) in [6.07, 6.45) is 1.71. The number of aliphatic imine (C=N–C) groups is 1. The molecule has 1 aliphatic heterocycles. The van der Waals surface area contributed by atoms with E-state index in [1.165, 1.54) is 6.92 Å². The minimum atomic E-state index is -0.307. The number of guanidine groups is 1. The first-order valence-electron chi connectivity index (χ1n) is 6.64. The number of nitrogens with one attached hydrogen (secondary N) is 1. The Morgan fingerprint density at radius 2 is 2.29 bits per heavy atom. The van der Waals surface area contributed by atoms with Crippen molar-refractivity contribution < 1.29 is 9.53 Å². The molecule has 112 valence electrons. The fourth-order valence-corrected chi connectivity index (χ4v) is 1.86. The van der Waals surface area contributed by atoms with E-state index < -0.39 is 0 Å². The number of carbonyl (C=O) groups is 1. The topological polar surface area (TPSA) is 66.3 Å². The lowest BCUT2D eigenvalue weighted by Gasteiger charge is -2.18. The van der Waals surface area contributed by atoms with Gasteiger partial charge >= 0.3 is 5.97 Å². The van der Waals surface area contributed by atoms with E-state index in [9.17, 15) is 4.79 Å². The van der Waals surface area contributed by atoms with Gasteiger partial charge in [-0.05, 0) is 17.7 Å². The number of nitrogens with zero attached hydrogens (tertiary/aromatic N) is 3. The Morgan fingerprint density at radius 3 is 2.90 bits per heavy atom. The molecule has 7 heteroatoms. The van der Waals surface area contributed by atoms with Crippen molar-refractivity contribution in [1.82, 2.24) is 10.3 Å².